The highest BCUT2D eigenvalue weighted by Crippen LogP contribution is 2.34. The minimum absolute atomic E-state index is 0.206. The standard InChI is InChI=1S/C37H34O5S/c1-24-6-8-25(9-7-24)36(2,3)27-12-18-30(19-13-27)41-34(39)32-22-23-33(43-32)35(40)42-31-20-14-28(15-21-31)37(4,5)26-10-16-29(38)17-11-26/h6-23,38H,1-5H3. The van der Waals surface area contributed by atoms with Crippen LogP contribution >= 0.6 is 11.3 Å². The van der Waals surface area contributed by atoms with Crippen LogP contribution in [0, 0.1) is 6.92 Å². The zero-order valence-electron chi connectivity index (χ0n) is 24.9. The number of aromatic hydroxyl groups is 1. The van der Waals surface area contributed by atoms with Crippen molar-refractivity contribution in [3.05, 3.63) is 147 Å². The van der Waals surface area contributed by atoms with Gasteiger partial charge in [-0.1, -0.05) is 93.9 Å². The number of carbonyl (C=O) groups excluding carboxylic acids is 2. The van der Waals surface area contributed by atoms with Gasteiger partial charge in [-0.05, 0) is 77.7 Å². The molecule has 0 saturated carbocycles. The summed E-state index contributed by atoms with van der Waals surface area (Å²) in [6.07, 6.45) is 0. The van der Waals surface area contributed by atoms with Crippen LogP contribution in [-0.4, -0.2) is 17.0 Å². The highest BCUT2D eigenvalue weighted by Gasteiger charge is 2.25. The fourth-order valence-electron chi connectivity index (χ4n) is 4.93. The van der Waals surface area contributed by atoms with Crippen molar-refractivity contribution in [3.8, 4) is 17.2 Å². The molecular weight excluding hydrogens is 556 g/mol. The predicted molar refractivity (Wildman–Crippen MR) is 171 cm³/mol. The minimum atomic E-state index is -0.544. The lowest BCUT2D eigenvalue weighted by Gasteiger charge is -2.26. The molecule has 0 bridgehead atoms. The zero-order chi connectivity index (χ0) is 30.8. The van der Waals surface area contributed by atoms with Gasteiger partial charge in [-0.25, -0.2) is 9.59 Å². The third kappa shape index (κ3) is 6.55. The molecular formula is C37H34O5S. The lowest BCUT2D eigenvalue weighted by Crippen LogP contribution is -2.18. The van der Waals surface area contributed by atoms with E-state index in [-0.39, 0.29) is 16.6 Å². The van der Waals surface area contributed by atoms with Gasteiger partial charge in [0.2, 0.25) is 0 Å². The van der Waals surface area contributed by atoms with Crippen LogP contribution in [0.5, 0.6) is 17.2 Å². The van der Waals surface area contributed by atoms with Gasteiger partial charge in [0.05, 0.1) is 0 Å². The normalized spacial score (nSPS) is 11.7. The summed E-state index contributed by atoms with van der Waals surface area (Å²) in [6, 6.07) is 33.6. The van der Waals surface area contributed by atoms with Crippen molar-refractivity contribution in [2.45, 2.75) is 45.4 Å². The summed E-state index contributed by atoms with van der Waals surface area (Å²) in [4.78, 5) is 26.3. The maximum Gasteiger partial charge on any atom is 0.353 e. The van der Waals surface area contributed by atoms with Crippen molar-refractivity contribution in [1.29, 1.82) is 0 Å². The van der Waals surface area contributed by atoms with Gasteiger partial charge in [0, 0.05) is 10.8 Å². The Morgan fingerprint density at radius 2 is 0.860 bits per heavy atom. The third-order valence-corrected chi connectivity index (χ3v) is 8.99. The van der Waals surface area contributed by atoms with E-state index in [1.807, 2.05) is 36.4 Å². The highest BCUT2D eigenvalue weighted by atomic mass is 32.1. The summed E-state index contributed by atoms with van der Waals surface area (Å²) < 4.78 is 11.2. The molecule has 4 aromatic carbocycles. The number of rotatable bonds is 8. The molecule has 0 unspecified atom stereocenters. The van der Waals surface area contributed by atoms with Crippen molar-refractivity contribution in [2.75, 3.05) is 0 Å². The molecule has 5 nitrogen and oxygen atoms in total. The largest absolute Gasteiger partial charge is 0.508 e. The molecule has 0 aliphatic carbocycles. The molecule has 1 aromatic heterocycles. The maximum atomic E-state index is 12.8. The molecule has 0 fully saturated rings. The molecule has 0 saturated heterocycles. The summed E-state index contributed by atoms with van der Waals surface area (Å²) in [5.41, 5.74) is 5.09. The first-order valence-electron chi connectivity index (χ1n) is 14.1. The second-order valence-electron chi connectivity index (χ2n) is 11.7. The van der Waals surface area contributed by atoms with Gasteiger partial charge in [0.25, 0.3) is 0 Å². The van der Waals surface area contributed by atoms with Crippen LogP contribution in [0.4, 0.5) is 0 Å². The number of hydrogen-bond acceptors (Lipinski definition) is 6. The van der Waals surface area contributed by atoms with Crippen LogP contribution < -0.4 is 9.47 Å². The van der Waals surface area contributed by atoms with Crippen molar-refractivity contribution >= 4 is 23.3 Å². The smallest absolute Gasteiger partial charge is 0.353 e. The highest BCUT2D eigenvalue weighted by molar-refractivity contribution is 7.15. The summed E-state index contributed by atoms with van der Waals surface area (Å²) in [7, 11) is 0. The Labute approximate surface area is 256 Å². The van der Waals surface area contributed by atoms with Crippen LogP contribution in [0.15, 0.2) is 109 Å². The SMILES string of the molecule is Cc1ccc(C(C)(C)c2ccc(OC(=O)c3ccc(C(=O)Oc4ccc(C(C)(C)c5ccc(O)cc5)cc4)s3)cc2)cc1. The van der Waals surface area contributed by atoms with Crippen molar-refractivity contribution in [3.63, 3.8) is 0 Å². The van der Waals surface area contributed by atoms with Crippen LogP contribution in [0.2, 0.25) is 0 Å². The summed E-state index contributed by atoms with van der Waals surface area (Å²) in [5.74, 6) is -0.0189. The molecule has 218 valence electrons. The van der Waals surface area contributed by atoms with Crippen LogP contribution in [0.1, 0.15) is 74.9 Å². The lowest BCUT2D eigenvalue weighted by molar-refractivity contribution is 0.0732. The van der Waals surface area contributed by atoms with E-state index in [0.29, 0.717) is 21.3 Å². The van der Waals surface area contributed by atoms with Crippen LogP contribution in [0.25, 0.3) is 0 Å². The lowest BCUT2D eigenvalue weighted by atomic mass is 9.78. The fourth-order valence-corrected chi connectivity index (χ4v) is 5.69. The van der Waals surface area contributed by atoms with Gasteiger partial charge < -0.3 is 14.6 Å². The van der Waals surface area contributed by atoms with E-state index in [1.165, 1.54) is 11.1 Å². The molecule has 6 heteroatoms. The Hall–Kier alpha value is -4.68. The Kier molecular flexibility index (Phi) is 8.25. The fraction of sp³-hybridized carbons (Fsp3) is 0.189. The van der Waals surface area contributed by atoms with E-state index in [9.17, 15) is 14.7 Å². The number of aryl methyl sites for hydroxylation is 1. The average molecular weight is 591 g/mol. The number of phenols is 1. The Morgan fingerprint density at radius 3 is 1.23 bits per heavy atom. The molecule has 0 radical (unpaired) electrons. The predicted octanol–water partition coefficient (Wildman–Crippen LogP) is 8.85. The number of hydrogen-bond donors (Lipinski definition) is 1. The molecule has 5 aromatic rings. The van der Waals surface area contributed by atoms with E-state index < -0.39 is 11.9 Å². The third-order valence-electron chi connectivity index (χ3n) is 7.94. The first-order valence-corrected chi connectivity index (χ1v) is 14.9. The molecule has 0 amide bonds. The minimum Gasteiger partial charge on any atom is -0.508 e. The number of carbonyl (C=O) groups is 2. The number of thiophene rings is 1. The van der Waals surface area contributed by atoms with Gasteiger partial charge in [-0.2, -0.15) is 0 Å². The van der Waals surface area contributed by atoms with Gasteiger partial charge in [-0.15, -0.1) is 11.3 Å². The van der Waals surface area contributed by atoms with E-state index in [4.69, 9.17) is 9.47 Å². The second kappa shape index (κ2) is 11.9. The average Bonchev–Trinajstić information content (AvgIpc) is 3.49. The van der Waals surface area contributed by atoms with E-state index in [1.54, 1.807) is 48.5 Å². The van der Waals surface area contributed by atoms with E-state index in [0.717, 1.165) is 28.0 Å². The number of ether oxygens (including phenoxy) is 2. The van der Waals surface area contributed by atoms with Gasteiger partial charge in [0.1, 0.15) is 27.0 Å². The first-order chi connectivity index (χ1) is 20.4. The van der Waals surface area contributed by atoms with Gasteiger partial charge in [-0.3, -0.25) is 0 Å². The first kappa shape index (κ1) is 29.8. The monoisotopic (exact) mass is 590 g/mol. The molecule has 0 atom stereocenters. The summed E-state index contributed by atoms with van der Waals surface area (Å²) in [6.45, 7) is 10.6. The second-order valence-corrected chi connectivity index (χ2v) is 12.7. The van der Waals surface area contributed by atoms with E-state index >= 15 is 0 Å². The molecule has 0 aliphatic rings. The zero-order valence-corrected chi connectivity index (χ0v) is 25.7. The summed E-state index contributed by atoms with van der Waals surface area (Å²) >= 11 is 1.03. The van der Waals surface area contributed by atoms with E-state index in [2.05, 4.69) is 58.9 Å². The van der Waals surface area contributed by atoms with Crippen molar-refractivity contribution in [2.24, 2.45) is 0 Å². The molecule has 0 aliphatic heterocycles. The van der Waals surface area contributed by atoms with Crippen LogP contribution in [-0.2, 0) is 10.8 Å². The van der Waals surface area contributed by atoms with Crippen LogP contribution in [0.3, 0.4) is 0 Å². The molecule has 0 spiro atoms. The summed E-state index contributed by atoms with van der Waals surface area (Å²) in [5, 5.41) is 9.60. The number of esters is 2. The molecule has 43 heavy (non-hydrogen) atoms. The topological polar surface area (TPSA) is 72.8 Å². The molecule has 1 N–H and O–H groups in total. The van der Waals surface area contributed by atoms with Crippen molar-refractivity contribution < 1.29 is 24.2 Å². The Morgan fingerprint density at radius 1 is 0.535 bits per heavy atom. The number of benzene rings is 4. The molecule has 1 heterocycles. The van der Waals surface area contributed by atoms with Gasteiger partial charge in [0.15, 0.2) is 0 Å². The van der Waals surface area contributed by atoms with Gasteiger partial charge >= 0.3 is 11.9 Å². The number of phenolic OH excluding ortho intramolecular Hbond substituents is 1. The quantitative estimate of drug-likeness (QED) is 0.144. The van der Waals surface area contributed by atoms with Crippen molar-refractivity contribution in [1.82, 2.24) is 0 Å². The molecule has 5 rings (SSSR count). The maximum absolute atomic E-state index is 12.8. The Balaban J connectivity index is 1.20. The Bertz CT molecular complexity index is 1600.